The van der Waals surface area contributed by atoms with E-state index in [1.54, 1.807) is 25.3 Å². The molecule has 7 nitrogen and oxygen atoms in total. The van der Waals surface area contributed by atoms with Crippen molar-refractivity contribution < 1.29 is 23.8 Å². The number of nitrogens with zero attached hydrogens (tertiary/aromatic N) is 1. The number of ether oxygens (including phenoxy) is 3. The first kappa shape index (κ1) is 19.5. The Balaban J connectivity index is 1.30. The molecule has 1 unspecified atom stereocenters. The minimum absolute atomic E-state index is 0.113. The van der Waals surface area contributed by atoms with Gasteiger partial charge in [0, 0.05) is 24.4 Å². The molecule has 1 N–H and O–H groups in total. The topological polar surface area (TPSA) is 86.8 Å². The van der Waals surface area contributed by atoms with E-state index in [2.05, 4.69) is 10.3 Å². The molecule has 0 saturated heterocycles. The number of methoxy groups -OCH3 is 1. The second kappa shape index (κ2) is 7.67. The quantitative estimate of drug-likeness (QED) is 0.722. The number of hydrogen-bond acceptors (Lipinski definition) is 6. The number of aromatic nitrogens is 1. The van der Waals surface area contributed by atoms with Crippen LogP contribution in [0.1, 0.15) is 35.2 Å². The molecule has 1 saturated carbocycles. The van der Waals surface area contributed by atoms with Crippen LogP contribution in [0.5, 0.6) is 11.5 Å². The molecule has 1 atom stereocenters. The van der Waals surface area contributed by atoms with Crippen LogP contribution in [-0.4, -0.2) is 36.7 Å². The van der Waals surface area contributed by atoms with Crippen LogP contribution in [0.2, 0.25) is 0 Å². The van der Waals surface area contributed by atoms with Crippen molar-refractivity contribution in [1.82, 2.24) is 4.98 Å². The molecule has 31 heavy (non-hydrogen) atoms. The number of fused-ring (bicyclic) bond motifs is 1. The van der Waals surface area contributed by atoms with Crippen molar-refractivity contribution in [3.8, 4) is 11.5 Å². The van der Waals surface area contributed by atoms with E-state index in [-0.39, 0.29) is 24.6 Å². The van der Waals surface area contributed by atoms with E-state index in [4.69, 9.17) is 14.2 Å². The maximum absolute atomic E-state index is 13.0. The van der Waals surface area contributed by atoms with Gasteiger partial charge >= 0.3 is 0 Å². The van der Waals surface area contributed by atoms with Crippen molar-refractivity contribution in [3.63, 3.8) is 0 Å². The van der Waals surface area contributed by atoms with Crippen LogP contribution >= 0.6 is 0 Å². The smallest absolute Gasteiger partial charge is 0.236 e. The van der Waals surface area contributed by atoms with Gasteiger partial charge in [-0.1, -0.05) is 24.3 Å². The maximum Gasteiger partial charge on any atom is 0.236 e. The molecule has 158 valence electrons. The Hall–Kier alpha value is -3.45. The lowest BCUT2D eigenvalue weighted by Gasteiger charge is -2.19. The molecule has 5 rings (SSSR count). The first-order valence-corrected chi connectivity index (χ1v) is 10.2. The van der Waals surface area contributed by atoms with Gasteiger partial charge in [-0.2, -0.15) is 0 Å². The fraction of sp³-hybridized carbons (Fsp3) is 0.292. The summed E-state index contributed by atoms with van der Waals surface area (Å²) in [6, 6.07) is 8.96. The molecule has 0 bridgehead atoms. The molecule has 3 aliphatic rings. The average Bonchev–Trinajstić information content (AvgIpc) is 3.50. The highest BCUT2D eigenvalue weighted by molar-refractivity contribution is 6.09. The Bertz CT molecular complexity index is 1100. The van der Waals surface area contributed by atoms with Gasteiger partial charge < -0.3 is 19.5 Å². The normalized spacial score (nSPS) is 20.2. The van der Waals surface area contributed by atoms with Gasteiger partial charge in [-0.3, -0.25) is 9.59 Å². The number of ketones is 1. The van der Waals surface area contributed by atoms with Crippen LogP contribution in [-0.2, 0) is 14.9 Å². The molecule has 1 aromatic carbocycles. The van der Waals surface area contributed by atoms with E-state index in [0.29, 0.717) is 34.9 Å². The predicted octanol–water partition coefficient (Wildman–Crippen LogP) is 3.56. The molecule has 0 radical (unpaired) electrons. The monoisotopic (exact) mass is 418 g/mol. The molecular weight excluding hydrogens is 396 g/mol. The van der Waals surface area contributed by atoms with E-state index in [9.17, 15) is 9.59 Å². The molecule has 1 amide bonds. The summed E-state index contributed by atoms with van der Waals surface area (Å²) in [5.41, 5.74) is 1.38. The number of amides is 1. The number of benzene rings is 1. The van der Waals surface area contributed by atoms with Gasteiger partial charge in [0.25, 0.3) is 0 Å². The zero-order chi connectivity index (χ0) is 21.4. The molecule has 2 heterocycles. The van der Waals surface area contributed by atoms with E-state index < -0.39 is 5.41 Å². The van der Waals surface area contributed by atoms with E-state index >= 15 is 0 Å². The van der Waals surface area contributed by atoms with E-state index in [1.807, 2.05) is 30.4 Å². The number of allylic oxidation sites excluding steroid dienone is 2. The van der Waals surface area contributed by atoms with Crippen molar-refractivity contribution in [2.24, 2.45) is 0 Å². The van der Waals surface area contributed by atoms with Crippen LogP contribution in [0.3, 0.4) is 0 Å². The fourth-order valence-corrected chi connectivity index (χ4v) is 4.02. The van der Waals surface area contributed by atoms with Crippen molar-refractivity contribution in [2.75, 3.05) is 19.2 Å². The number of nitrogens with one attached hydrogen (secondary N) is 1. The van der Waals surface area contributed by atoms with Gasteiger partial charge in [0.1, 0.15) is 5.82 Å². The standard InChI is InChI=1S/C24H22N2O5/c1-29-18-5-3-2-4-17(18)22(27)15-6-9-21(25-13-15)26-23(28)24(10-11-24)16-7-8-19-20(12-16)31-14-30-19/h2-4,6-9,12-13,18H,5,10-11,14H2,1H3,(H,25,26,28). The summed E-state index contributed by atoms with van der Waals surface area (Å²) in [6.45, 7) is 0.200. The Morgan fingerprint density at radius 1 is 1.16 bits per heavy atom. The Kier molecular flexibility index (Phi) is 4.82. The number of Topliss-reactive ketones (excluding diaryl/α,β-unsaturated/α-hetero) is 1. The van der Waals surface area contributed by atoms with Gasteiger partial charge in [-0.15, -0.1) is 0 Å². The third kappa shape index (κ3) is 3.51. The SMILES string of the molecule is COC1CC=CC=C1C(=O)c1ccc(NC(=O)C2(c3ccc4c(c3)OCO4)CC2)nc1. The van der Waals surface area contributed by atoms with Gasteiger partial charge in [0.15, 0.2) is 17.3 Å². The number of rotatable bonds is 6. The highest BCUT2D eigenvalue weighted by Crippen LogP contribution is 2.51. The van der Waals surface area contributed by atoms with Crippen LogP contribution in [0.4, 0.5) is 5.82 Å². The average molecular weight is 418 g/mol. The summed E-state index contributed by atoms with van der Waals surface area (Å²) in [5.74, 6) is 1.53. The van der Waals surface area contributed by atoms with Crippen molar-refractivity contribution >= 4 is 17.5 Å². The first-order chi connectivity index (χ1) is 15.1. The maximum atomic E-state index is 13.0. The van der Waals surface area contributed by atoms with E-state index in [0.717, 1.165) is 18.4 Å². The largest absolute Gasteiger partial charge is 0.454 e. The number of anilines is 1. The summed E-state index contributed by atoms with van der Waals surface area (Å²) >= 11 is 0. The van der Waals surface area contributed by atoms with Crippen LogP contribution in [0.25, 0.3) is 0 Å². The summed E-state index contributed by atoms with van der Waals surface area (Å²) < 4.78 is 16.2. The molecule has 2 aromatic rings. The highest BCUT2D eigenvalue weighted by atomic mass is 16.7. The van der Waals surface area contributed by atoms with Crippen LogP contribution in [0, 0.1) is 0 Å². The van der Waals surface area contributed by atoms with E-state index in [1.165, 1.54) is 6.20 Å². The molecule has 2 aliphatic carbocycles. The first-order valence-electron chi connectivity index (χ1n) is 10.2. The van der Waals surface area contributed by atoms with Gasteiger partial charge in [-0.25, -0.2) is 4.98 Å². The van der Waals surface area contributed by atoms with Crippen LogP contribution in [0.15, 0.2) is 60.3 Å². The summed E-state index contributed by atoms with van der Waals surface area (Å²) in [4.78, 5) is 30.1. The highest BCUT2D eigenvalue weighted by Gasteiger charge is 2.51. The molecule has 1 aliphatic heterocycles. The van der Waals surface area contributed by atoms with Gasteiger partial charge in [-0.05, 0) is 49.1 Å². The molecule has 1 fully saturated rings. The Labute approximate surface area is 179 Å². The fourth-order valence-electron chi connectivity index (χ4n) is 4.02. The predicted molar refractivity (Wildman–Crippen MR) is 113 cm³/mol. The molecule has 0 spiro atoms. The summed E-state index contributed by atoms with van der Waals surface area (Å²) in [6.07, 6.45) is 9.02. The minimum Gasteiger partial charge on any atom is -0.454 e. The zero-order valence-electron chi connectivity index (χ0n) is 17.1. The van der Waals surface area contributed by atoms with Crippen molar-refractivity contribution in [2.45, 2.75) is 30.8 Å². The lowest BCUT2D eigenvalue weighted by molar-refractivity contribution is -0.118. The summed E-state index contributed by atoms with van der Waals surface area (Å²) in [5, 5.41) is 2.89. The number of pyridine rings is 1. The number of carbonyl (C=O) groups excluding carboxylic acids is 2. The third-order valence-corrected chi connectivity index (χ3v) is 6.03. The number of hydrogen-bond donors (Lipinski definition) is 1. The number of carbonyl (C=O) groups is 2. The molecular formula is C24H22N2O5. The Morgan fingerprint density at radius 2 is 2.00 bits per heavy atom. The van der Waals surface area contributed by atoms with Crippen molar-refractivity contribution in [3.05, 3.63) is 71.5 Å². The second-order valence-corrected chi connectivity index (χ2v) is 7.88. The minimum atomic E-state index is -0.581. The lowest BCUT2D eigenvalue weighted by Crippen LogP contribution is -2.28. The molecule has 7 heteroatoms. The Morgan fingerprint density at radius 3 is 2.74 bits per heavy atom. The molecule has 1 aromatic heterocycles. The van der Waals surface area contributed by atoms with Gasteiger partial charge in [0.2, 0.25) is 12.7 Å². The van der Waals surface area contributed by atoms with Gasteiger partial charge in [0.05, 0.1) is 11.5 Å². The third-order valence-electron chi connectivity index (χ3n) is 6.03. The van der Waals surface area contributed by atoms with Crippen LogP contribution < -0.4 is 14.8 Å². The second-order valence-electron chi connectivity index (χ2n) is 7.88. The zero-order valence-corrected chi connectivity index (χ0v) is 17.1. The lowest BCUT2D eigenvalue weighted by atomic mass is 9.94. The van der Waals surface area contributed by atoms with Crippen molar-refractivity contribution in [1.29, 1.82) is 0 Å². The summed E-state index contributed by atoms with van der Waals surface area (Å²) in [7, 11) is 1.59.